The van der Waals surface area contributed by atoms with Crippen molar-refractivity contribution in [3.8, 4) is 11.5 Å². The van der Waals surface area contributed by atoms with Crippen LogP contribution in [0.1, 0.15) is 23.2 Å². The highest BCUT2D eigenvalue weighted by molar-refractivity contribution is 5.95. The number of benzene rings is 1. The van der Waals surface area contributed by atoms with E-state index in [2.05, 4.69) is 5.32 Å². The lowest BCUT2D eigenvalue weighted by Crippen LogP contribution is -2.47. The van der Waals surface area contributed by atoms with E-state index in [-0.39, 0.29) is 24.5 Å². The SMILES string of the molecule is COCCOCC(=O)N1CCC(NC(=O)c2ccc(OC)c(OC)c2)CC1. The van der Waals surface area contributed by atoms with Gasteiger partial charge >= 0.3 is 0 Å². The minimum absolute atomic E-state index is 0.0315. The van der Waals surface area contributed by atoms with E-state index in [0.29, 0.717) is 56.2 Å². The number of methoxy groups -OCH3 is 3. The number of likely N-dealkylation sites (tertiary alicyclic amines) is 1. The number of hydrogen-bond acceptors (Lipinski definition) is 6. The van der Waals surface area contributed by atoms with Crippen molar-refractivity contribution in [3.63, 3.8) is 0 Å². The zero-order valence-corrected chi connectivity index (χ0v) is 16.2. The average Bonchev–Trinajstić information content (AvgIpc) is 2.71. The van der Waals surface area contributed by atoms with E-state index in [1.807, 2.05) is 0 Å². The van der Waals surface area contributed by atoms with Crippen molar-refractivity contribution in [2.45, 2.75) is 18.9 Å². The number of rotatable bonds is 9. The second kappa shape index (κ2) is 10.7. The highest BCUT2D eigenvalue weighted by Gasteiger charge is 2.24. The summed E-state index contributed by atoms with van der Waals surface area (Å²) in [5.74, 6) is 0.895. The molecule has 8 nitrogen and oxygen atoms in total. The number of nitrogens with one attached hydrogen (secondary N) is 1. The van der Waals surface area contributed by atoms with Gasteiger partial charge in [0.2, 0.25) is 5.91 Å². The first-order valence-electron chi connectivity index (χ1n) is 8.96. The molecule has 1 aromatic carbocycles. The molecule has 0 aliphatic carbocycles. The Kier molecular flexibility index (Phi) is 8.35. The van der Waals surface area contributed by atoms with Crippen LogP contribution in [-0.2, 0) is 14.3 Å². The van der Waals surface area contributed by atoms with E-state index < -0.39 is 0 Å². The molecule has 2 amide bonds. The molecule has 1 fully saturated rings. The molecule has 1 heterocycles. The molecule has 0 unspecified atom stereocenters. The number of ether oxygens (including phenoxy) is 4. The molecule has 1 N–H and O–H groups in total. The van der Waals surface area contributed by atoms with Crippen LogP contribution in [0.25, 0.3) is 0 Å². The van der Waals surface area contributed by atoms with E-state index in [0.717, 1.165) is 0 Å². The minimum atomic E-state index is -0.163. The van der Waals surface area contributed by atoms with Crippen LogP contribution in [0, 0.1) is 0 Å². The van der Waals surface area contributed by atoms with Crippen LogP contribution in [0.3, 0.4) is 0 Å². The van der Waals surface area contributed by atoms with Crippen LogP contribution in [0.4, 0.5) is 0 Å². The molecule has 0 radical (unpaired) electrons. The lowest BCUT2D eigenvalue weighted by atomic mass is 10.0. The Balaban J connectivity index is 1.79. The number of amides is 2. The molecule has 150 valence electrons. The summed E-state index contributed by atoms with van der Waals surface area (Å²) < 4.78 is 20.6. The molecule has 2 rings (SSSR count). The molecule has 27 heavy (non-hydrogen) atoms. The molecular weight excluding hydrogens is 352 g/mol. The molecule has 1 aromatic rings. The van der Waals surface area contributed by atoms with Crippen molar-refractivity contribution in [2.24, 2.45) is 0 Å². The molecule has 0 aromatic heterocycles. The fraction of sp³-hybridized carbons (Fsp3) is 0.579. The maximum absolute atomic E-state index is 12.5. The predicted octanol–water partition coefficient (Wildman–Crippen LogP) is 1.09. The van der Waals surface area contributed by atoms with Crippen LogP contribution in [0.15, 0.2) is 18.2 Å². The summed E-state index contributed by atoms with van der Waals surface area (Å²) in [5.41, 5.74) is 0.512. The summed E-state index contributed by atoms with van der Waals surface area (Å²) >= 11 is 0. The summed E-state index contributed by atoms with van der Waals surface area (Å²) in [6.45, 7) is 2.14. The first kappa shape index (κ1) is 21.0. The van der Waals surface area contributed by atoms with E-state index in [9.17, 15) is 9.59 Å². The van der Waals surface area contributed by atoms with Gasteiger partial charge in [-0.3, -0.25) is 9.59 Å². The maximum Gasteiger partial charge on any atom is 0.251 e. The molecular formula is C19H28N2O6. The molecule has 1 aliphatic heterocycles. The normalized spacial score (nSPS) is 14.7. The predicted molar refractivity (Wildman–Crippen MR) is 99.3 cm³/mol. The van der Waals surface area contributed by atoms with Gasteiger partial charge < -0.3 is 29.2 Å². The topological polar surface area (TPSA) is 86.3 Å². The zero-order chi connectivity index (χ0) is 19.6. The Morgan fingerprint density at radius 1 is 1.07 bits per heavy atom. The van der Waals surface area contributed by atoms with E-state index in [4.69, 9.17) is 18.9 Å². The lowest BCUT2D eigenvalue weighted by molar-refractivity contribution is -0.137. The Labute approximate surface area is 159 Å². The van der Waals surface area contributed by atoms with Crippen molar-refractivity contribution in [2.75, 3.05) is 54.2 Å². The fourth-order valence-corrected chi connectivity index (χ4v) is 2.91. The van der Waals surface area contributed by atoms with Gasteiger partial charge in [-0.25, -0.2) is 0 Å². The molecule has 0 spiro atoms. The zero-order valence-electron chi connectivity index (χ0n) is 16.2. The van der Waals surface area contributed by atoms with E-state index in [1.54, 1.807) is 37.3 Å². The number of nitrogens with zero attached hydrogens (tertiary/aromatic N) is 1. The summed E-state index contributed by atoms with van der Waals surface area (Å²) in [4.78, 5) is 26.3. The average molecular weight is 380 g/mol. The van der Waals surface area contributed by atoms with Crippen LogP contribution in [-0.4, -0.2) is 77.0 Å². The molecule has 1 aliphatic rings. The van der Waals surface area contributed by atoms with Gasteiger partial charge in [-0.2, -0.15) is 0 Å². The van der Waals surface area contributed by atoms with Crippen LogP contribution in [0.5, 0.6) is 11.5 Å². The van der Waals surface area contributed by atoms with Gasteiger partial charge in [0.05, 0.1) is 27.4 Å². The second-order valence-electron chi connectivity index (χ2n) is 6.24. The Morgan fingerprint density at radius 3 is 2.41 bits per heavy atom. The molecule has 0 bridgehead atoms. The van der Waals surface area contributed by atoms with Gasteiger partial charge in [0.15, 0.2) is 11.5 Å². The van der Waals surface area contributed by atoms with Gasteiger partial charge in [0, 0.05) is 31.8 Å². The minimum Gasteiger partial charge on any atom is -0.493 e. The van der Waals surface area contributed by atoms with Gasteiger partial charge in [-0.1, -0.05) is 0 Å². The maximum atomic E-state index is 12.5. The highest BCUT2D eigenvalue weighted by Crippen LogP contribution is 2.27. The molecule has 8 heteroatoms. The third-order valence-electron chi connectivity index (χ3n) is 4.49. The van der Waals surface area contributed by atoms with Crippen LogP contribution >= 0.6 is 0 Å². The van der Waals surface area contributed by atoms with Crippen molar-refractivity contribution >= 4 is 11.8 Å². The number of carbonyl (C=O) groups excluding carboxylic acids is 2. The monoisotopic (exact) mass is 380 g/mol. The Hall–Kier alpha value is -2.32. The lowest BCUT2D eigenvalue weighted by Gasteiger charge is -2.32. The van der Waals surface area contributed by atoms with Crippen LogP contribution < -0.4 is 14.8 Å². The van der Waals surface area contributed by atoms with Gasteiger partial charge in [-0.05, 0) is 31.0 Å². The largest absolute Gasteiger partial charge is 0.493 e. The van der Waals surface area contributed by atoms with Crippen molar-refractivity contribution in [3.05, 3.63) is 23.8 Å². The quantitative estimate of drug-likeness (QED) is 0.646. The smallest absolute Gasteiger partial charge is 0.251 e. The summed E-state index contributed by atoms with van der Waals surface area (Å²) in [7, 11) is 4.67. The van der Waals surface area contributed by atoms with Gasteiger partial charge in [0.25, 0.3) is 5.91 Å². The fourth-order valence-electron chi connectivity index (χ4n) is 2.91. The Bertz CT molecular complexity index is 629. The molecule has 0 atom stereocenters. The first-order valence-corrected chi connectivity index (χ1v) is 8.96. The van der Waals surface area contributed by atoms with Crippen molar-refractivity contribution < 1.29 is 28.5 Å². The van der Waals surface area contributed by atoms with Gasteiger partial charge in [-0.15, -0.1) is 0 Å². The van der Waals surface area contributed by atoms with Crippen LogP contribution in [0.2, 0.25) is 0 Å². The first-order chi connectivity index (χ1) is 13.1. The Morgan fingerprint density at radius 2 is 1.78 bits per heavy atom. The standard InChI is InChI=1S/C19H28N2O6/c1-24-10-11-27-13-18(22)21-8-6-15(7-9-21)20-19(23)14-4-5-16(25-2)17(12-14)26-3/h4-5,12,15H,6-11,13H2,1-3H3,(H,20,23). The molecule has 1 saturated heterocycles. The van der Waals surface area contributed by atoms with Gasteiger partial charge in [0.1, 0.15) is 6.61 Å². The van der Waals surface area contributed by atoms with E-state index in [1.165, 1.54) is 7.11 Å². The summed E-state index contributed by atoms with van der Waals surface area (Å²) in [5, 5.41) is 3.02. The summed E-state index contributed by atoms with van der Waals surface area (Å²) in [6, 6.07) is 5.10. The number of carbonyl (C=O) groups is 2. The number of hydrogen-bond donors (Lipinski definition) is 1. The third kappa shape index (κ3) is 6.11. The highest BCUT2D eigenvalue weighted by atomic mass is 16.5. The van der Waals surface area contributed by atoms with E-state index >= 15 is 0 Å². The number of piperidine rings is 1. The van der Waals surface area contributed by atoms with Crippen molar-refractivity contribution in [1.82, 2.24) is 10.2 Å². The third-order valence-corrected chi connectivity index (χ3v) is 4.49. The second-order valence-corrected chi connectivity index (χ2v) is 6.24. The van der Waals surface area contributed by atoms with Crippen molar-refractivity contribution in [1.29, 1.82) is 0 Å². The molecule has 0 saturated carbocycles. The summed E-state index contributed by atoms with van der Waals surface area (Å²) in [6.07, 6.45) is 1.42.